The molecule has 2 heterocycles. The highest BCUT2D eigenvalue weighted by Crippen LogP contribution is 2.26. The van der Waals surface area contributed by atoms with Crippen LogP contribution in [-0.4, -0.2) is 33.2 Å². The summed E-state index contributed by atoms with van der Waals surface area (Å²) in [5, 5.41) is 13.8. The second kappa shape index (κ2) is 6.89. The molecule has 2 aromatic carbocycles. The molecule has 0 saturated carbocycles. The molecule has 0 bridgehead atoms. The van der Waals surface area contributed by atoms with E-state index < -0.39 is 0 Å². The molecule has 0 amide bonds. The molecule has 128 valence electrons. The number of pyridine rings is 1. The lowest BCUT2D eigenvalue weighted by molar-refractivity contribution is 0.415. The number of nitrogens with zero attached hydrogens (tertiary/aromatic N) is 4. The van der Waals surface area contributed by atoms with Crippen LogP contribution in [-0.2, 0) is 0 Å². The number of benzene rings is 2. The molecule has 0 saturated heterocycles. The maximum absolute atomic E-state index is 5.51. The number of H-pyrrole nitrogens is 1. The van der Waals surface area contributed by atoms with Crippen LogP contribution in [0, 0.1) is 4.77 Å². The van der Waals surface area contributed by atoms with E-state index in [1.54, 1.807) is 30.4 Å². The third kappa shape index (κ3) is 2.89. The van der Waals surface area contributed by atoms with Crippen LogP contribution in [0.5, 0.6) is 5.75 Å². The minimum absolute atomic E-state index is 0.402. The quantitative estimate of drug-likeness (QED) is 0.440. The minimum atomic E-state index is 0.402. The van der Waals surface area contributed by atoms with Crippen LogP contribution in [0.1, 0.15) is 5.56 Å². The predicted octanol–water partition coefficient (Wildman–Crippen LogP) is 4.05. The lowest BCUT2D eigenvalue weighted by Crippen LogP contribution is -1.97. The van der Waals surface area contributed by atoms with Crippen LogP contribution in [0.2, 0.25) is 0 Å². The van der Waals surface area contributed by atoms with Crippen molar-refractivity contribution in [3.63, 3.8) is 0 Å². The Bertz CT molecular complexity index is 1150. The Labute approximate surface area is 154 Å². The molecule has 0 aliphatic rings. The van der Waals surface area contributed by atoms with E-state index >= 15 is 0 Å². The first-order valence-corrected chi connectivity index (χ1v) is 8.36. The average Bonchev–Trinajstić information content (AvgIpc) is 3.07. The first kappa shape index (κ1) is 16.2. The van der Waals surface area contributed by atoms with Crippen molar-refractivity contribution in [2.45, 2.75) is 0 Å². The van der Waals surface area contributed by atoms with Crippen LogP contribution in [0.4, 0.5) is 0 Å². The van der Waals surface area contributed by atoms with Gasteiger partial charge in [-0.2, -0.15) is 14.9 Å². The summed E-state index contributed by atoms with van der Waals surface area (Å²) in [6, 6.07) is 15.8. The Morgan fingerprint density at radius 1 is 1.15 bits per heavy atom. The van der Waals surface area contributed by atoms with Crippen molar-refractivity contribution < 1.29 is 4.74 Å². The maximum Gasteiger partial charge on any atom is 0.216 e. The highest BCUT2D eigenvalue weighted by Gasteiger charge is 2.10. The number of methoxy groups -OCH3 is 1. The van der Waals surface area contributed by atoms with Gasteiger partial charge in [-0.25, -0.2) is 5.10 Å². The summed E-state index contributed by atoms with van der Waals surface area (Å²) in [5.41, 5.74) is 1.70. The second-order valence-electron chi connectivity index (χ2n) is 5.55. The van der Waals surface area contributed by atoms with Crippen molar-refractivity contribution in [2.24, 2.45) is 5.10 Å². The molecule has 1 N–H and O–H groups in total. The number of fused-ring (bicyclic) bond motifs is 1. The van der Waals surface area contributed by atoms with E-state index in [9.17, 15) is 0 Å². The van der Waals surface area contributed by atoms with Crippen LogP contribution in [0.25, 0.3) is 22.2 Å². The van der Waals surface area contributed by atoms with E-state index in [0.717, 1.165) is 27.6 Å². The molecule has 0 atom stereocenters. The van der Waals surface area contributed by atoms with Crippen molar-refractivity contribution in [3.05, 3.63) is 71.3 Å². The molecule has 0 unspecified atom stereocenters. The van der Waals surface area contributed by atoms with Gasteiger partial charge >= 0.3 is 0 Å². The van der Waals surface area contributed by atoms with Gasteiger partial charge in [0.05, 0.1) is 13.3 Å². The van der Waals surface area contributed by atoms with Gasteiger partial charge in [0, 0.05) is 23.5 Å². The molecule has 26 heavy (non-hydrogen) atoms. The summed E-state index contributed by atoms with van der Waals surface area (Å²) < 4.78 is 7.49. The predicted molar refractivity (Wildman–Crippen MR) is 104 cm³/mol. The van der Waals surface area contributed by atoms with Gasteiger partial charge < -0.3 is 4.74 Å². The van der Waals surface area contributed by atoms with Crippen molar-refractivity contribution >= 4 is 29.2 Å². The van der Waals surface area contributed by atoms with E-state index in [-0.39, 0.29) is 0 Å². The van der Waals surface area contributed by atoms with Crippen molar-refractivity contribution in [3.8, 4) is 17.1 Å². The summed E-state index contributed by atoms with van der Waals surface area (Å²) in [4.78, 5) is 4.12. The van der Waals surface area contributed by atoms with E-state index in [4.69, 9.17) is 17.0 Å². The smallest absolute Gasteiger partial charge is 0.216 e. The lowest BCUT2D eigenvalue weighted by atomic mass is 10.0. The Kier molecular flexibility index (Phi) is 4.28. The zero-order chi connectivity index (χ0) is 17.9. The molecule has 0 spiro atoms. The molecule has 7 heteroatoms. The third-order valence-electron chi connectivity index (χ3n) is 4.02. The highest BCUT2D eigenvalue weighted by atomic mass is 32.1. The van der Waals surface area contributed by atoms with Crippen molar-refractivity contribution in [1.29, 1.82) is 0 Å². The second-order valence-corrected chi connectivity index (χ2v) is 5.94. The third-order valence-corrected chi connectivity index (χ3v) is 4.29. The van der Waals surface area contributed by atoms with Gasteiger partial charge in [-0.05, 0) is 41.2 Å². The number of aromatic amines is 1. The first-order valence-electron chi connectivity index (χ1n) is 7.96. The number of rotatable bonds is 4. The topological polar surface area (TPSA) is 68.1 Å². The number of nitrogens with one attached hydrogen (secondary N) is 1. The molecule has 4 rings (SSSR count). The summed E-state index contributed by atoms with van der Waals surface area (Å²) >= 11 is 5.32. The average molecular weight is 361 g/mol. The SMILES string of the molecule is COc1ccc2ccccc2c1/C=N/n1c(-c2cccnc2)n[nH]c1=S. The Morgan fingerprint density at radius 3 is 2.85 bits per heavy atom. The number of hydrogen-bond donors (Lipinski definition) is 1. The van der Waals surface area contributed by atoms with Crippen LogP contribution >= 0.6 is 12.2 Å². The van der Waals surface area contributed by atoms with Gasteiger partial charge in [-0.3, -0.25) is 4.98 Å². The molecule has 4 aromatic rings. The minimum Gasteiger partial charge on any atom is -0.496 e. The monoisotopic (exact) mass is 361 g/mol. The lowest BCUT2D eigenvalue weighted by Gasteiger charge is -2.08. The van der Waals surface area contributed by atoms with E-state index in [0.29, 0.717) is 10.6 Å². The molecular formula is C19H15N5OS. The number of aromatic nitrogens is 4. The van der Waals surface area contributed by atoms with E-state index in [1.165, 1.54) is 0 Å². The number of hydrogen-bond acceptors (Lipinski definition) is 5. The molecule has 0 aliphatic heterocycles. The summed E-state index contributed by atoms with van der Waals surface area (Å²) in [6.07, 6.45) is 5.17. The van der Waals surface area contributed by atoms with E-state index in [1.807, 2.05) is 42.5 Å². The molecule has 6 nitrogen and oxygen atoms in total. The Balaban J connectivity index is 1.85. The highest BCUT2D eigenvalue weighted by molar-refractivity contribution is 7.71. The van der Waals surface area contributed by atoms with Gasteiger partial charge in [0.1, 0.15) is 5.75 Å². The van der Waals surface area contributed by atoms with Crippen LogP contribution in [0.3, 0.4) is 0 Å². The Morgan fingerprint density at radius 2 is 2.04 bits per heavy atom. The van der Waals surface area contributed by atoms with Crippen LogP contribution < -0.4 is 4.74 Å². The van der Waals surface area contributed by atoms with Gasteiger partial charge in [0.25, 0.3) is 0 Å². The van der Waals surface area contributed by atoms with Crippen molar-refractivity contribution in [1.82, 2.24) is 19.9 Å². The molecular weight excluding hydrogens is 346 g/mol. The fourth-order valence-electron chi connectivity index (χ4n) is 2.78. The van der Waals surface area contributed by atoms with Gasteiger partial charge in [0.15, 0.2) is 5.82 Å². The summed E-state index contributed by atoms with van der Waals surface area (Å²) in [7, 11) is 1.64. The van der Waals surface area contributed by atoms with Crippen LogP contribution in [0.15, 0.2) is 66.0 Å². The van der Waals surface area contributed by atoms with Gasteiger partial charge in [-0.1, -0.05) is 30.3 Å². The van der Waals surface area contributed by atoms with E-state index in [2.05, 4.69) is 26.3 Å². The number of ether oxygens (including phenoxy) is 1. The van der Waals surface area contributed by atoms with Crippen molar-refractivity contribution in [2.75, 3.05) is 7.11 Å². The standard InChI is InChI=1S/C19H15N5OS/c1-25-17-9-8-13-5-2-3-7-15(13)16(17)12-21-24-18(22-23-19(24)26)14-6-4-10-20-11-14/h2-12H,1H3,(H,23,26)/b21-12+. The fourth-order valence-corrected chi connectivity index (χ4v) is 2.96. The largest absolute Gasteiger partial charge is 0.496 e. The zero-order valence-electron chi connectivity index (χ0n) is 14.0. The summed E-state index contributed by atoms with van der Waals surface area (Å²) in [5.74, 6) is 1.34. The molecule has 0 fully saturated rings. The normalized spacial score (nSPS) is 11.3. The first-order chi connectivity index (χ1) is 12.8. The van der Waals surface area contributed by atoms with Gasteiger partial charge in [0.2, 0.25) is 4.77 Å². The molecule has 0 aliphatic carbocycles. The van der Waals surface area contributed by atoms with Gasteiger partial charge in [-0.15, -0.1) is 0 Å². The molecule has 0 radical (unpaired) electrons. The zero-order valence-corrected chi connectivity index (χ0v) is 14.8. The Hall–Kier alpha value is -3.32. The fraction of sp³-hybridized carbons (Fsp3) is 0.0526. The summed E-state index contributed by atoms with van der Waals surface area (Å²) in [6.45, 7) is 0. The maximum atomic E-state index is 5.51. The molecule has 2 aromatic heterocycles.